The molecule has 2 aromatic heterocycles. The minimum Gasteiger partial charge on any atom is -0.486 e. The summed E-state index contributed by atoms with van der Waals surface area (Å²) in [5.74, 6) is 4.02. The third-order valence-corrected chi connectivity index (χ3v) is 5.88. The zero-order chi connectivity index (χ0) is 21.2. The minimum atomic E-state index is 0. The molecule has 0 aliphatic carbocycles. The molecule has 4 heterocycles. The van der Waals surface area contributed by atoms with Gasteiger partial charge in [-0.15, -0.1) is 0 Å². The highest BCUT2D eigenvalue weighted by atomic mass is 16.5. The van der Waals surface area contributed by atoms with E-state index in [1.165, 1.54) is 5.56 Å². The highest BCUT2D eigenvalue weighted by Crippen LogP contribution is 2.36. The molecule has 0 radical (unpaired) electrons. The topological polar surface area (TPSA) is 79.3 Å². The molecule has 1 N–H and O–H groups in total. The summed E-state index contributed by atoms with van der Waals surface area (Å²) in [6.07, 6.45) is 5.61. The van der Waals surface area contributed by atoms with Gasteiger partial charge in [-0.25, -0.2) is 15.0 Å². The van der Waals surface area contributed by atoms with Gasteiger partial charge in [-0.3, -0.25) is 0 Å². The van der Waals surface area contributed by atoms with Crippen molar-refractivity contribution < 1.29 is 6.16 Å². The highest BCUT2D eigenvalue weighted by molar-refractivity contribution is 5.69. The van der Waals surface area contributed by atoms with Crippen molar-refractivity contribution in [3.05, 3.63) is 54.1 Å². The van der Waals surface area contributed by atoms with Gasteiger partial charge in [0.15, 0.2) is 11.6 Å². The quantitative estimate of drug-likeness (QED) is 0.685. The number of para-hydroxylation sites is 1. The lowest BCUT2D eigenvalue weighted by atomic mass is 10.1. The minimum absolute atomic E-state index is 0. The molecule has 2 aliphatic rings. The Hall–Kier alpha value is -3.42. The number of anilines is 4. The van der Waals surface area contributed by atoms with Gasteiger partial charge in [0.25, 0.3) is 0 Å². The molecule has 1 aromatic carbocycles. The molecule has 3 aromatic rings. The summed E-state index contributed by atoms with van der Waals surface area (Å²) >= 11 is 0. The summed E-state index contributed by atoms with van der Waals surface area (Å²) in [5, 5.41) is 3.54. The molecular weight excluding hydrogens is 390 g/mol. The van der Waals surface area contributed by atoms with E-state index in [-0.39, 0.29) is 1.43 Å². The van der Waals surface area contributed by atoms with Crippen LogP contribution in [-0.4, -0.2) is 52.2 Å². The second-order valence-corrected chi connectivity index (χ2v) is 8.04. The predicted molar refractivity (Wildman–Crippen MR) is 123 cm³/mol. The first-order chi connectivity index (χ1) is 15.2. The van der Waals surface area contributed by atoms with Gasteiger partial charge in [0.1, 0.15) is 18.2 Å². The van der Waals surface area contributed by atoms with Gasteiger partial charge in [-0.2, -0.15) is 4.98 Å². The first-order valence-electron chi connectivity index (χ1n) is 10.8. The van der Waals surface area contributed by atoms with Gasteiger partial charge in [0.05, 0.1) is 12.7 Å². The molecule has 1 saturated heterocycles. The van der Waals surface area contributed by atoms with Crippen LogP contribution in [0.2, 0.25) is 0 Å². The van der Waals surface area contributed by atoms with Crippen molar-refractivity contribution in [1.82, 2.24) is 19.9 Å². The molecule has 0 atom stereocenters. The Balaban J connectivity index is 0.00000245. The lowest BCUT2D eigenvalue weighted by Gasteiger charge is -2.34. The van der Waals surface area contributed by atoms with Crippen LogP contribution in [0.15, 0.2) is 42.7 Å². The molecular formula is C23H29N7O. The zero-order valence-electron chi connectivity index (χ0n) is 18.0. The summed E-state index contributed by atoms with van der Waals surface area (Å²) in [4.78, 5) is 22.6. The zero-order valence-corrected chi connectivity index (χ0v) is 18.0. The molecule has 0 unspecified atom stereocenters. The first kappa shape index (κ1) is 19.5. The van der Waals surface area contributed by atoms with E-state index in [0.29, 0.717) is 18.6 Å². The number of nitrogens with zero attached hydrogens (tertiary/aromatic N) is 6. The summed E-state index contributed by atoms with van der Waals surface area (Å²) in [6, 6.07) is 10.7. The number of benzene rings is 1. The van der Waals surface area contributed by atoms with Gasteiger partial charge >= 0.3 is 0 Å². The third-order valence-electron chi connectivity index (χ3n) is 5.88. The lowest BCUT2D eigenvalue weighted by Crippen LogP contribution is -2.40. The monoisotopic (exact) mass is 419 g/mol. The largest absolute Gasteiger partial charge is 0.486 e. The summed E-state index contributed by atoms with van der Waals surface area (Å²) in [5.41, 5.74) is 2.38. The van der Waals surface area contributed by atoms with E-state index in [2.05, 4.69) is 61.3 Å². The molecule has 5 rings (SSSR count). The Morgan fingerprint density at radius 1 is 1.03 bits per heavy atom. The van der Waals surface area contributed by atoms with Gasteiger partial charge < -0.3 is 19.9 Å². The third kappa shape index (κ3) is 4.10. The van der Waals surface area contributed by atoms with Crippen molar-refractivity contribution in [1.29, 1.82) is 0 Å². The van der Waals surface area contributed by atoms with Gasteiger partial charge in [-0.05, 0) is 44.4 Å². The Labute approximate surface area is 183 Å². The van der Waals surface area contributed by atoms with E-state index < -0.39 is 0 Å². The molecule has 0 amide bonds. The van der Waals surface area contributed by atoms with Gasteiger partial charge in [-0.1, -0.05) is 18.2 Å². The molecule has 8 heteroatoms. The van der Waals surface area contributed by atoms with Crippen molar-refractivity contribution in [2.24, 2.45) is 0 Å². The average Bonchev–Trinajstić information content (AvgIpc) is 2.80. The number of nitrogens with one attached hydrogen (secondary N) is 1. The lowest BCUT2D eigenvalue weighted by molar-refractivity contribution is 0.310. The number of hydrogen-bond donors (Lipinski definition) is 1. The van der Waals surface area contributed by atoms with Crippen molar-refractivity contribution in [2.75, 3.05) is 41.4 Å². The van der Waals surface area contributed by atoms with Crippen LogP contribution in [0.5, 0.6) is 5.75 Å². The summed E-state index contributed by atoms with van der Waals surface area (Å²) < 4.78 is 5.82. The maximum Gasteiger partial charge on any atom is 0.225 e. The Kier molecular flexibility index (Phi) is 5.28. The van der Waals surface area contributed by atoms with Crippen LogP contribution in [-0.2, 0) is 0 Å². The Morgan fingerprint density at radius 2 is 1.87 bits per heavy atom. The fourth-order valence-electron chi connectivity index (χ4n) is 4.24. The number of aromatic nitrogens is 4. The second-order valence-electron chi connectivity index (χ2n) is 8.04. The highest BCUT2D eigenvalue weighted by Gasteiger charge is 2.25. The number of aryl methyl sites for hydroxylation is 2. The average molecular weight is 420 g/mol. The van der Waals surface area contributed by atoms with Gasteiger partial charge in [0.2, 0.25) is 5.95 Å². The molecule has 31 heavy (non-hydrogen) atoms. The maximum absolute atomic E-state index is 5.82. The molecule has 0 saturated carbocycles. The first-order valence-corrected chi connectivity index (χ1v) is 10.8. The van der Waals surface area contributed by atoms with Crippen LogP contribution in [0.3, 0.4) is 0 Å². The van der Waals surface area contributed by atoms with E-state index in [1.54, 1.807) is 6.20 Å². The van der Waals surface area contributed by atoms with Crippen molar-refractivity contribution in [2.45, 2.75) is 32.7 Å². The second kappa shape index (κ2) is 8.37. The summed E-state index contributed by atoms with van der Waals surface area (Å²) in [7, 11) is 0. The Bertz CT molecular complexity index is 1070. The SMILES string of the molecule is Cc1nccc(N2CCC(Nc3ncc4c(n3)N(c3ccccc3C)CCO4)CC2)n1.[HH]. The number of fused-ring (bicyclic) bond motifs is 1. The van der Waals surface area contributed by atoms with E-state index >= 15 is 0 Å². The van der Waals surface area contributed by atoms with Gasteiger partial charge in [0, 0.05) is 32.4 Å². The Morgan fingerprint density at radius 3 is 2.68 bits per heavy atom. The van der Waals surface area contributed by atoms with Crippen LogP contribution < -0.4 is 19.9 Å². The van der Waals surface area contributed by atoms with E-state index in [9.17, 15) is 0 Å². The smallest absolute Gasteiger partial charge is 0.225 e. The predicted octanol–water partition coefficient (Wildman–Crippen LogP) is 3.74. The number of ether oxygens (including phenoxy) is 1. The van der Waals surface area contributed by atoms with Crippen LogP contribution in [0, 0.1) is 13.8 Å². The molecule has 162 valence electrons. The maximum atomic E-state index is 5.82. The molecule has 2 aliphatic heterocycles. The van der Waals surface area contributed by atoms with Crippen molar-refractivity contribution in [3.8, 4) is 5.75 Å². The van der Waals surface area contributed by atoms with Crippen LogP contribution in [0.4, 0.5) is 23.3 Å². The molecule has 0 spiro atoms. The fourth-order valence-corrected chi connectivity index (χ4v) is 4.24. The fraction of sp³-hybridized carbons (Fsp3) is 0.391. The van der Waals surface area contributed by atoms with Crippen LogP contribution in [0.25, 0.3) is 0 Å². The van der Waals surface area contributed by atoms with Crippen LogP contribution in [0.1, 0.15) is 25.7 Å². The number of hydrogen-bond acceptors (Lipinski definition) is 8. The number of rotatable bonds is 4. The normalized spacial score (nSPS) is 16.6. The van der Waals surface area contributed by atoms with E-state index in [1.807, 2.05) is 19.2 Å². The van der Waals surface area contributed by atoms with Crippen LogP contribution >= 0.6 is 0 Å². The van der Waals surface area contributed by atoms with Crippen molar-refractivity contribution >= 4 is 23.3 Å². The van der Waals surface area contributed by atoms with E-state index in [4.69, 9.17) is 9.72 Å². The standard InChI is InChI=1S/C23H27N7O.H2/c1-16-5-3-4-6-19(16)30-13-14-31-20-15-25-23(28-22(20)30)27-18-8-11-29(12-9-18)21-7-10-24-17(2)26-21;/h3-7,10,15,18H,8-9,11-14H2,1-2H3,(H,25,27,28);1H. The van der Waals surface area contributed by atoms with E-state index in [0.717, 1.165) is 61.4 Å². The molecule has 1 fully saturated rings. The van der Waals surface area contributed by atoms with Crippen molar-refractivity contribution in [3.63, 3.8) is 0 Å². The summed E-state index contributed by atoms with van der Waals surface area (Å²) in [6.45, 7) is 7.32. The molecule has 8 nitrogen and oxygen atoms in total. The molecule has 0 bridgehead atoms. The number of piperidine rings is 1.